The molecule has 0 radical (unpaired) electrons. The summed E-state index contributed by atoms with van der Waals surface area (Å²) in [5, 5.41) is -0.338. The molecule has 0 saturated carbocycles. The molecule has 0 fully saturated rings. The predicted molar refractivity (Wildman–Crippen MR) is 89.1 cm³/mol. The van der Waals surface area contributed by atoms with Crippen LogP contribution in [0.4, 0.5) is 22.0 Å². The molecule has 0 aromatic heterocycles. The fourth-order valence-electron chi connectivity index (χ4n) is 2.96. The monoisotopic (exact) mass is 376 g/mol. The largest absolute Gasteiger partial charge is 0.409 e. The lowest BCUT2D eigenvalue weighted by atomic mass is 10.1. The van der Waals surface area contributed by atoms with E-state index in [9.17, 15) is 22.0 Å². The highest BCUT2D eigenvalue weighted by atomic mass is 28.4. The molecule has 7 heteroatoms. The summed E-state index contributed by atoms with van der Waals surface area (Å²) in [4.78, 5) is 0. The van der Waals surface area contributed by atoms with E-state index in [-0.39, 0.29) is 10.6 Å². The van der Waals surface area contributed by atoms with Crippen LogP contribution in [0, 0.1) is 29.1 Å². The van der Waals surface area contributed by atoms with Crippen LogP contribution >= 0.6 is 0 Å². The van der Waals surface area contributed by atoms with Crippen molar-refractivity contribution in [2.75, 3.05) is 0 Å². The van der Waals surface area contributed by atoms with Crippen LogP contribution < -0.4 is 0 Å². The first-order chi connectivity index (χ1) is 11.4. The van der Waals surface area contributed by atoms with Gasteiger partial charge in [-0.05, 0) is 18.5 Å². The molecule has 0 heterocycles. The van der Waals surface area contributed by atoms with Gasteiger partial charge >= 0.3 is 0 Å². The van der Waals surface area contributed by atoms with E-state index in [0.717, 1.165) is 0 Å². The minimum atomic E-state index is -2.70. The summed E-state index contributed by atoms with van der Waals surface area (Å²) in [6.07, 6.45) is 6.30. The van der Waals surface area contributed by atoms with Crippen molar-refractivity contribution in [3.05, 3.63) is 59.0 Å². The van der Waals surface area contributed by atoms with E-state index in [0.29, 0.717) is 0 Å². The molecule has 1 aromatic rings. The maximum absolute atomic E-state index is 14.1. The van der Waals surface area contributed by atoms with E-state index in [1.165, 1.54) is 6.92 Å². The van der Waals surface area contributed by atoms with Gasteiger partial charge in [-0.2, -0.15) is 0 Å². The van der Waals surface area contributed by atoms with Crippen LogP contribution in [-0.2, 0) is 4.43 Å². The van der Waals surface area contributed by atoms with E-state index in [1.54, 1.807) is 0 Å². The van der Waals surface area contributed by atoms with E-state index in [2.05, 4.69) is 0 Å². The summed E-state index contributed by atoms with van der Waals surface area (Å²) < 4.78 is 74.5. The number of halogens is 5. The summed E-state index contributed by atoms with van der Waals surface area (Å²) in [6.45, 7) is 9.07. The first kappa shape index (κ1) is 19.8. The third-order valence-corrected chi connectivity index (χ3v) is 10.4. The van der Waals surface area contributed by atoms with E-state index in [1.807, 2.05) is 51.6 Å². The van der Waals surface area contributed by atoms with Gasteiger partial charge in [-0.1, -0.05) is 45.1 Å². The van der Waals surface area contributed by atoms with E-state index >= 15 is 0 Å². The van der Waals surface area contributed by atoms with Crippen LogP contribution in [-0.4, -0.2) is 8.32 Å². The molecular weight excluding hydrogens is 355 g/mol. The van der Waals surface area contributed by atoms with Crippen LogP contribution in [0.2, 0.25) is 17.1 Å². The van der Waals surface area contributed by atoms with Gasteiger partial charge in [0, 0.05) is 5.54 Å². The molecule has 2 unspecified atom stereocenters. The number of hydrogen-bond acceptors (Lipinski definition) is 1. The molecule has 25 heavy (non-hydrogen) atoms. The standard InChI is InChI=1S/C18H21F5OSi/c1-10(12-13(19)15(21)17(23)16(22)14(12)20)24-25(5,18(2,3)4)11-8-6-7-9-11/h6-11H,1-5H3. The average molecular weight is 376 g/mol. The number of allylic oxidation sites excluding steroid dienone is 4. The average Bonchev–Trinajstić information content (AvgIpc) is 3.05. The maximum atomic E-state index is 14.1. The number of hydrogen-bond donors (Lipinski definition) is 0. The van der Waals surface area contributed by atoms with Gasteiger partial charge in [0.2, 0.25) is 14.1 Å². The highest BCUT2D eigenvalue weighted by molar-refractivity contribution is 6.77. The van der Waals surface area contributed by atoms with Crippen molar-refractivity contribution in [3.63, 3.8) is 0 Å². The van der Waals surface area contributed by atoms with Crippen molar-refractivity contribution in [1.82, 2.24) is 0 Å². The molecule has 138 valence electrons. The number of rotatable bonds is 4. The SMILES string of the molecule is CC(O[Si](C)(C1C=CC=C1)C(C)(C)C)c1c(F)c(F)c(F)c(F)c1F. The number of benzene rings is 1. The topological polar surface area (TPSA) is 9.23 Å². The highest BCUT2D eigenvalue weighted by Crippen LogP contribution is 2.49. The highest BCUT2D eigenvalue weighted by Gasteiger charge is 2.49. The van der Waals surface area contributed by atoms with Gasteiger partial charge in [-0.3, -0.25) is 0 Å². The van der Waals surface area contributed by atoms with Crippen molar-refractivity contribution in [3.8, 4) is 0 Å². The smallest absolute Gasteiger partial charge is 0.206 e. The van der Waals surface area contributed by atoms with Gasteiger partial charge in [-0.25, -0.2) is 22.0 Å². The summed E-state index contributed by atoms with van der Waals surface area (Å²) >= 11 is 0. The fourth-order valence-corrected chi connectivity index (χ4v) is 6.28. The molecular formula is C18H21F5OSi. The lowest BCUT2D eigenvalue weighted by Gasteiger charge is -2.44. The van der Waals surface area contributed by atoms with Crippen LogP contribution in [0.15, 0.2) is 24.3 Å². The Morgan fingerprint density at radius 2 is 1.28 bits per heavy atom. The van der Waals surface area contributed by atoms with Crippen LogP contribution in [0.1, 0.15) is 39.4 Å². The predicted octanol–water partition coefficient (Wildman–Crippen LogP) is 6.33. The molecule has 2 rings (SSSR count). The molecule has 0 saturated heterocycles. The zero-order valence-corrected chi connectivity index (χ0v) is 15.8. The van der Waals surface area contributed by atoms with Crippen molar-refractivity contribution >= 4 is 8.32 Å². The summed E-state index contributed by atoms with van der Waals surface area (Å²) in [7, 11) is -2.70. The summed E-state index contributed by atoms with van der Waals surface area (Å²) in [5.74, 6) is -9.75. The Morgan fingerprint density at radius 1 is 0.880 bits per heavy atom. The minimum absolute atomic E-state index is 0.0591. The zero-order valence-electron chi connectivity index (χ0n) is 14.8. The normalized spacial score (nSPS) is 18.6. The Bertz CT molecular complexity index is 697. The Morgan fingerprint density at radius 3 is 1.68 bits per heavy atom. The van der Waals surface area contributed by atoms with Crippen molar-refractivity contribution in [2.24, 2.45) is 0 Å². The zero-order chi connectivity index (χ0) is 19.2. The second-order valence-electron chi connectivity index (χ2n) is 7.40. The van der Waals surface area contributed by atoms with Crippen LogP contribution in [0.3, 0.4) is 0 Å². The first-order valence-electron chi connectivity index (χ1n) is 7.96. The molecule has 1 aliphatic rings. The Kier molecular flexibility index (Phi) is 5.30. The second-order valence-corrected chi connectivity index (χ2v) is 12.0. The molecule has 0 amide bonds. The molecule has 1 aromatic carbocycles. The van der Waals surface area contributed by atoms with Crippen molar-refractivity contribution < 1.29 is 26.4 Å². The lowest BCUT2D eigenvalue weighted by molar-refractivity contribution is 0.183. The molecule has 0 N–H and O–H groups in total. The molecule has 2 atom stereocenters. The molecule has 1 aliphatic carbocycles. The molecule has 0 spiro atoms. The van der Waals surface area contributed by atoms with Gasteiger partial charge in [-0.15, -0.1) is 0 Å². The van der Waals surface area contributed by atoms with Crippen LogP contribution in [0.5, 0.6) is 0 Å². The molecule has 0 bridgehead atoms. The Labute approximate surface area is 145 Å². The molecule has 1 nitrogen and oxygen atoms in total. The van der Waals surface area contributed by atoms with Gasteiger partial charge in [0.15, 0.2) is 23.3 Å². The third-order valence-electron chi connectivity index (χ3n) is 4.95. The van der Waals surface area contributed by atoms with Gasteiger partial charge in [0.25, 0.3) is 0 Å². The lowest BCUT2D eigenvalue weighted by Crippen LogP contribution is -2.48. The summed E-state index contributed by atoms with van der Waals surface area (Å²) in [5.41, 5.74) is -0.985. The minimum Gasteiger partial charge on any atom is -0.409 e. The molecule has 0 aliphatic heterocycles. The second kappa shape index (κ2) is 6.68. The van der Waals surface area contributed by atoms with Crippen molar-refractivity contribution in [1.29, 1.82) is 0 Å². The van der Waals surface area contributed by atoms with Crippen LogP contribution in [0.25, 0.3) is 0 Å². The maximum Gasteiger partial charge on any atom is 0.206 e. The first-order valence-corrected chi connectivity index (χ1v) is 10.4. The van der Waals surface area contributed by atoms with E-state index in [4.69, 9.17) is 4.43 Å². The van der Waals surface area contributed by atoms with Crippen molar-refractivity contribution in [2.45, 2.75) is 50.9 Å². The third kappa shape index (κ3) is 3.31. The van der Waals surface area contributed by atoms with Gasteiger partial charge in [0.05, 0.1) is 11.7 Å². The quantitative estimate of drug-likeness (QED) is 0.258. The summed E-state index contributed by atoms with van der Waals surface area (Å²) in [6, 6.07) is 0. The Balaban J connectivity index is 2.49. The Hall–Kier alpha value is -1.47. The fraction of sp³-hybridized carbons (Fsp3) is 0.444. The van der Waals surface area contributed by atoms with E-state index < -0.39 is 49.1 Å². The van der Waals surface area contributed by atoms with Gasteiger partial charge < -0.3 is 4.43 Å². The van der Waals surface area contributed by atoms with Gasteiger partial charge in [0.1, 0.15) is 0 Å².